The third-order valence-electron chi connectivity index (χ3n) is 3.86. The van der Waals surface area contributed by atoms with Crippen LogP contribution < -0.4 is 0 Å². The molecule has 0 bridgehead atoms. The molecule has 0 saturated carbocycles. The Hall–Kier alpha value is -2.43. The van der Waals surface area contributed by atoms with Crippen molar-refractivity contribution in [3.05, 3.63) is 57.4 Å². The molecule has 0 N–H and O–H groups in total. The number of aromatic nitrogens is 2. The molecule has 5 nitrogen and oxygen atoms in total. The maximum atomic E-state index is 11.1. The summed E-state index contributed by atoms with van der Waals surface area (Å²) in [7, 11) is 0. The molecule has 0 radical (unpaired) electrons. The van der Waals surface area contributed by atoms with Crippen molar-refractivity contribution < 1.29 is 4.92 Å². The van der Waals surface area contributed by atoms with Gasteiger partial charge in [-0.25, -0.2) is 4.98 Å². The average molecular weight is 313 g/mol. The zero-order chi connectivity index (χ0) is 17.0. The molecule has 0 spiro atoms. The molecule has 0 aliphatic rings. The molecular formula is C18H23N3O2. The number of fused-ring (bicyclic) bond motifs is 1. The highest BCUT2D eigenvalue weighted by Gasteiger charge is 2.17. The van der Waals surface area contributed by atoms with Crippen LogP contribution >= 0.6 is 0 Å². The summed E-state index contributed by atoms with van der Waals surface area (Å²) in [4.78, 5) is 15.1. The maximum absolute atomic E-state index is 11.1. The summed E-state index contributed by atoms with van der Waals surface area (Å²) in [6, 6.07) is 5.10. The Kier molecular flexibility index (Phi) is 5.32. The highest BCUT2D eigenvalue weighted by molar-refractivity contribution is 5.85. The zero-order valence-electron chi connectivity index (χ0n) is 14.2. The minimum absolute atomic E-state index is 0.0635. The van der Waals surface area contributed by atoms with Crippen molar-refractivity contribution in [2.75, 3.05) is 0 Å². The Labute approximate surface area is 136 Å². The fraction of sp³-hybridized carbons (Fsp3) is 0.389. The highest BCUT2D eigenvalue weighted by atomic mass is 16.6. The molecule has 2 aromatic rings. The molecule has 0 fully saturated rings. The van der Waals surface area contributed by atoms with Gasteiger partial charge < -0.3 is 4.57 Å². The van der Waals surface area contributed by atoms with Gasteiger partial charge in [-0.3, -0.25) is 10.1 Å². The molecule has 5 heteroatoms. The number of rotatable bonds is 6. The zero-order valence-corrected chi connectivity index (χ0v) is 14.2. The van der Waals surface area contributed by atoms with E-state index in [2.05, 4.69) is 37.9 Å². The van der Waals surface area contributed by atoms with Crippen molar-refractivity contribution in [2.45, 2.75) is 47.1 Å². The molecular weight excluding hydrogens is 290 g/mol. The van der Waals surface area contributed by atoms with Crippen LogP contribution in [0.15, 0.2) is 41.5 Å². The van der Waals surface area contributed by atoms with Gasteiger partial charge in [-0.2, -0.15) is 0 Å². The van der Waals surface area contributed by atoms with Gasteiger partial charge in [-0.1, -0.05) is 29.4 Å². The van der Waals surface area contributed by atoms with Crippen LogP contribution in [0.5, 0.6) is 0 Å². The number of nitro groups is 1. The lowest BCUT2D eigenvalue weighted by molar-refractivity contribution is -0.383. The second-order valence-corrected chi connectivity index (χ2v) is 6.04. The smallest absolute Gasteiger partial charge is 0.297 e. The third-order valence-corrected chi connectivity index (χ3v) is 3.86. The third kappa shape index (κ3) is 4.06. The number of nitro benzene ring substituents is 1. The van der Waals surface area contributed by atoms with Crippen molar-refractivity contribution in [1.29, 1.82) is 0 Å². The Morgan fingerprint density at radius 3 is 2.70 bits per heavy atom. The van der Waals surface area contributed by atoms with Crippen LogP contribution in [0.25, 0.3) is 11.0 Å². The number of hydrogen-bond acceptors (Lipinski definition) is 3. The first-order chi connectivity index (χ1) is 10.9. The van der Waals surface area contributed by atoms with Crippen molar-refractivity contribution in [3.63, 3.8) is 0 Å². The first kappa shape index (κ1) is 16.9. The van der Waals surface area contributed by atoms with Crippen LogP contribution in [0.3, 0.4) is 0 Å². The Morgan fingerprint density at radius 1 is 1.30 bits per heavy atom. The largest absolute Gasteiger partial charge is 0.324 e. The van der Waals surface area contributed by atoms with Crippen LogP contribution in [-0.2, 0) is 6.54 Å². The van der Waals surface area contributed by atoms with Crippen molar-refractivity contribution in [3.8, 4) is 0 Å². The molecule has 2 rings (SSSR count). The number of nitrogens with zero attached hydrogens (tertiary/aromatic N) is 3. The average Bonchev–Trinajstić information content (AvgIpc) is 2.79. The van der Waals surface area contributed by atoms with Crippen molar-refractivity contribution in [1.82, 2.24) is 9.55 Å². The van der Waals surface area contributed by atoms with Gasteiger partial charge in [0, 0.05) is 12.6 Å². The van der Waals surface area contributed by atoms with Gasteiger partial charge in [0.05, 0.1) is 10.4 Å². The SMILES string of the molecule is CC(C)=CCCC(C)=CCn1c(C)nc2c([N+](=O)[O-])cccc21. The number of hydrogen-bond donors (Lipinski definition) is 0. The summed E-state index contributed by atoms with van der Waals surface area (Å²) in [6.07, 6.45) is 6.47. The van der Waals surface area contributed by atoms with E-state index in [9.17, 15) is 10.1 Å². The lowest BCUT2D eigenvalue weighted by atomic mass is 10.1. The fourth-order valence-corrected chi connectivity index (χ4v) is 2.56. The van der Waals surface area contributed by atoms with Crippen LogP contribution in [0.2, 0.25) is 0 Å². The summed E-state index contributed by atoms with van der Waals surface area (Å²) in [5.41, 5.74) is 3.99. The van der Waals surface area contributed by atoms with E-state index in [0.717, 1.165) is 24.2 Å². The normalized spacial score (nSPS) is 11.7. The Morgan fingerprint density at radius 2 is 2.04 bits per heavy atom. The van der Waals surface area contributed by atoms with Gasteiger partial charge >= 0.3 is 0 Å². The molecule has 122 valence electrons. The molecule has 0 amide bonds. The van der Waals surface area contributed by atoms with Gasteiger partial charge in [0.2, 0.25) is 0 Å². The van der Waals surface area contributed by atoms with Gasteiger partial charge in [0.25, 0.3) is 5.69 Å². The highest BCUT2D eigenvalue weighted by Crippen LogP contribution is 2.25. The monoisotopic (exact) mass is 313 g/mol. The summed E-state index contributed by atoms with van der Waals surface area (Å²) in [5.74, 6) is 0.794. The number of benzene rings is 1. The molecule has 1 aromatic carbocycles. The van der Waals surface area contributed by atoms with Gasteiger partial charge in [0.15, 0.2) is 5.52 Å². The number of aryl methyl sites for hydroxylation is 1. The minimum Gasteiger partial charge on any atom is -0.324 e. The van der Waals surface area contributed by atoms with E-state index in [-0.39, 0.29) is 10.6 Å². The molecule has 1 aromatic heterocycles. The van der Waals surface area contributed by atoms with E-state index in [0.29, 0.717) is 12.1 Å². The van der Waals surface area contributed by atoms with Crippen LogP contribution in [0.4, 0.5) is 5.69 Å². The fourth-order valence-electron chi connectivity index (χ4n) is 2.56. The lowest BCUT2D eigenvalue weighted by Gasteiger charge is -2.05. The standard InChI is InChI=1S/C18H23N3O2/c1-13(2)7-5-8-14(3)11-12-20-15(4)19-18-16(20)9-6-10-17(18)21(22)23/h6-7,9-11H,5,8,12H2,1-4H3. The molecule has 0 saturated heterocycles. The molecule has 0 aliphatic carbocycles. The second kappa shape index (κ2) is 7.22. The number of para-hydroxylation sites is 1. The maximum Gasteiger partial charge on any atom is 0.297 e. The number of imidazole rings is 1. The Balaban J connectivity index is 2.24. The van der Waals surface area contributed by atoms with Crippen molar-refractivity contribution in [2.24, 2.45) is 0 Å². The second-order valence-electron chi connectivity index (χ2n) is 6.04. The van der Waals surface area contributed by atoms with Gasteiger partial charge in [0.1, 0.15) is 5.82 Å². The molecule has 0 atom stereocenters. The molecule has 23 heavy (non-hydrogen) atoms. The minimum atomic E-state index is -0.375. The molecule has 0 unspecified atom stereocenters. The van der Waals surface area contributed by atoms with E-state index in [4.69, 9.17) is 0 Å². The van der Waals surface area contributed by atoms with Crippen LogP contribution in [0, 0.1) is 17.0 Å². The quantitative estimate of drug-likeness (QED) is 0.431. The molecule has 1 heterocycles. The van der Waals surface area contributed by atoms with Gasteiger partial charge in [-0.05, 0) is 46.6 Å². The molecule has 0 aliphatic heterocycles. The summed E-state index contributed by atoms with van der Waals surface area (Å²) >= 11 is 0. The number of non-ortho nitro benzene ring substituents is 1. The lowest BCUT2D eigenvalue weighted by Crippen LogP contribution is -1.98. The summed E-state index contributed by atoms with van der Waals surface area (Å²) < 4.78 is 2.02. The van der Waals surface area contributed by atoms with Crippen molar-refractivity contribution >= 4 is 16.7 Å². The number of allylic oxidation sites excluding steroid dienone is 4. The Bertz CT molecular complexity index is 781. The summed E-state index contributed by atoms with van der Waals surface area (Å²) in [5, 5.41) is 11.1. The van der Waals surface area contributed by atoms with E-state index < -0.39 is 0 Å². The topological polar surface area (TPSA) is 61.0 Å². The van der Waals surface area contributed by atoms with Gasteiger partial charge in [-0.15, -0.1) is 0 Å². The predicted molar refractivity (Wildman–Crippen MR) is 93.5 cm³/mol. The summed E-state index contributed by atoms with van der Waals surface area (Å²) in [6.45, 7) is 8.90. The predicted octanol–water partition coefficient (Wildman–Crippen LogP) is 4.95. The van der Waals surface area contributed by atoms with E-state index in [1.807, 2.05) is 17.6 Å². The first-order valence-corrected chi connectivity index (χ1v) is 7.79. The van der Waals surface area contributed by atoms with Crippen LogP contribution in [-0.4, -0.2) is 14.5 Å². The van der Waals surface area contributed by atoms with Crippen LogP contribution in [0.1, 0.15) is 39.4 Å². The first-order valence-electron chi connectivity index (χ1n) is 7.79. The van der Waals surface area contributed by atoms with E-state index in [1.165, 1.54) is 17.2 Å². The van der Waals surface area contributed by atoms with E-state index >= 15 is 0 Å². The van der Waals surface area contributed by atoms with E-state index in [1.54, 1.807) is 6.07 Å².